The Hall–Kier alpha value is -0.690. The van der Waals surface area contributed by atoms with E-state index in [9.17, 15) is 0 Å². The van der Waals surface area contributed by atoms with E-state index in [-0.39, 0.29) is 0 Å². The second-order valence-electron chi connectivity index (χ2n) is 2.81. The Morgan fingerprint density at radius 2 is 2.08 bits per heavy atom. The maximum Gasteiger partial charge on any atom is 0.121 e. The normalized spacial score (nSPS) is 9.92. The molecule has 0 radical (unpaired) electrons. The van der Waals surface area contributed by atoms with Crippen molar-refractivity contribution in [3.63, 3.8) is 0 Å². The molecule has 0 saturated carbocycles. The fourth-order valence-corrected chi connectivity index (χ4v) is 1.29. The first-order valence-electron chi connectivity index (χ1n) is 4.12. The maximum absolute atomic E-state index is 5.85. The van der Waals surface area contributed by atoms with Crippen LogP contribution < -0.4 is 4.74 Å². The lowest BCUT2D eigenvalue weighted by molar-refractivity contribution is 0.317. The van der Waals surface area contributed by atoms with E-state index in [1.165, 1.54) is 0 Å². The first kappa shape index (κ1) is 9.40. The van der Waals surface area contributed by atoms with Crippen molar-refractivity contribution in [2.75, 3.05) is 6.61 Å². The van der Waals surface area contributed by atoms with E-state index in [4.69, 9.17) is 16.3 Å². The summed E-state index contributed by atoms with van der Waals surface area (Å²) in [5, 5.41) is 0.737. The van der Waals surface area contributed by atoms with Gasteiger partial charge in [-0.1, -0.05) is 18.5 Å². The van der Waals surface area contributed by atoms with E-state index in [1.54, 1.807) is 0 Å². The van der Waals surface area contributed by atoms with Crippen LogP contribution in [-0.2, 0) is 0 Å². The van der Waals surface area contributed by atoms with Gasteiger partial charge in [0.1, 0.15) is 5.75 Å². The molecule has 1 rings (SSSR count). The van der Waals surface area contributed by atoms with Crippen LogP contribution in [-0.4, -0.2) is 6.61 Å². The second-order valence-corrected chi connectivity index (χ2v) is 3.25. The van der Waals surface area contributed by atoms with Crippen molar-refractivity contribution >= 4 is 11.6 Å². The van der Waals surface area contributed by atoms with Gasteiger partial charge in [0, 0.05) is 5.02 Å². The largest absolute Gasteiger partial charge is 0.494 e. The van der Waals surface area contributed by atoms with Gasteiger partial charge in [-0.15, -0.1) is 0 Å². The molecule has 0 atom stereocenters. The average Bonchev–Trinajstić information content (AvgIpc) is 1.99. The van der Waals surface area contributed by atoms with Crippen LogP contribution >= 0.6 is 11.6 Å². The summed E-state index contributed by atoms with van der Waals surface area (Å²) in [7, 11) is 0. The number of hydrogen-bond donors (Lipinski definition) is 0. The van der Waals surface area contributed by atoms with Crippen molar-refractivity contribution in [2.45, 2.75) is 20.3 Å². The number of halogens is 1. The number of benzene rings is 1. The molecule has 0 heterocycles. The van der Waals surface area contributed by atoms with Crippen LogP contribution in [0.1, 0.15) is 18.9 Å². The summed E-state index contributed by atoms with van der Waals surface area (Å²) in [6, 6.07) is 5.74. The van der Waals surface area contributed by atoms with Gasteiger partial charge in [0.05, 0.1) is 6.61 Å². The minimum Gasteiger partial charge on any atom is -0.494 e. The third-order valence-corrected chi connectivity index (χ3v) is 1.71. The summed E-state index contributed by atoms with van der Waals surface area (Å²) in [4.78, 5) is 0. The van der Waals surface area contributed by atoms with E-state index in [2.05, 4.69) is 6.92 Å². The van der Waals surface area contributed by atoms with Crippen LogP contribution in [0.5, 0.6) is 5.75 Å². The Kier molecular flexibility index (Phi) is 3.42. The van der Waals surface area contributed by atoms with Crippen LogP contribution in [0.3, 0.4) is 0 Å². The minimum absolute atomic E-state index is 0.737. The number of aryl methyl sites for hydroxylation is 1. The summed E-state index contributed by atoms with van der Waals surface area (Å²) in [6.07, 6.45) is 1.02. The minimum atomic E-state index is 0.737. The monoisotopic (exact) mass is 184 g/mol. The Labute approximate surface area is 78.3 Å². The zero-order chi connectivity index (χ0) is 8.97. The number of ether oxygens (including phenoxy) is 1. The highest BCUT2D eigenvalue weighted by molar-refractivity contribution is 6.30. The number of rotatable bonds is 3. The van der Waals surface area contributed by atoms with E-state index in [1.807, 2.05) is 25.1 Å². The molecule has 0 aliphatic rings. The van der Waals surface area contributed by atoms with E-state index in [0.717, 1.165) is 29.4 Å². The highest BCUT2D eigenvalue weighted by Gasteiger charge is 1.96. The van der Waals surface area contributed by atoms with Gasteiger partial charge >= 0.3 is 0 Å². The van der Waals surface area contributed by atoms with Crippen LogP contribution in [0.15, 0.2) is 18.2 Å². The lowest BCUT2D eigenvalue weighted by Gasteiger charge is -2.05. The van der Waals surface area contributed by atoms with Crippen LogP contribution in [0.4, 0.5) is 0 Å². The zero-order valence-corrected chi connectivity index (χ0v) is 8.19. The molecular weight excluding hydrogens is 172 g/mol. The summed E-state index contributed by atoms with van der Waals surface area (Å²) in [5.41, 5.74) is 1.13. The third-order valence-electron chi connectivity index (χ3n) is 1.49. The molecule has 0 aliphatic carbocycles. The molecule has 0 aliphatic heterocycles. The van der Waals surface area contributed by atoms with Gasteiger partial charge in [0.15, 0.2) is 0 Å². The molecule has 0 saturated heterocycles. The molecule has 0 amide bonds. The molecule has 0 fully saturated rings. The number of hydrogen-bond acceptors (Lipinski definition) is 1. The molecular formula is C10H13ClO. The van der Waals surface area contributed by atoms with Crippen LogP contribution in [0.25, 0.3) is 0 Å². The Bertz CT molecular complexity index is 238. The van der Waals surface area contributed by atoms with Crippen molar-refractivity contribution in [2.24, 2.45) is 0 Å². The predicted molar refractivity (Wildman–Crippen MR) is 52.0 cm³/mol. The van der Waals surface area contributed by atoms with Crippen molar-refractivity contribution in [3.8, 4) is 5.75 Å². The van der Waals surface area contributed by atoms with Crippen molar-refractivity contribution in [3.05, 3.63) is 28.8 Å². The van der Waals surface area contributed by atoms with Crippen molar-refractivity contribution < 1.29 is 4.74 Å². The topological polar surface area (TPSA) is 9.23 Å². The fraction of sp³-hybridized carbons (Fsp3) is 0.400. The average molecular weight is 185 g/mol. The van der Waals surface area contributed by atoms with Gasteiger partial charge in [0.2, 0.25) is 0 Å². The lowest BCUT2D eigenvalue weighted by Crippen LogP contribution is -1.94. The molecule has 0 unspecified atom stereocenters. The molecule has 1 aromatic carbocycles. The van der Waals surface area contributed by atoms with Crippen LogP contribution in [0, 0.1) is 6.92 Å². The van der Waals surface area contributed by atoms with Gasteiger partial charge in [-0.2, -0.15) is 0 Å². The molecule has 2 heteroatoms. The molecule has 66 valence electrons. The van der Waals surface area contributed by atoms with Crippen molar-refractivity contribution in [1.82, 2.24) is 0 Å². The summed E-state index contributed by atoms with van der Waals surface area (Å²) < 4.78 is 5.43. The van der Waals surface area contributed by atoms with Gasteiger partial charge in [-0.25, -0.2) is 0 Å². The standard InChI is InChI=1S/C10H13ClO/c1-3-4-12-10-6-8(2)5-9(11)7-10/h5-7H,3-4H2,1-2H3. The molecule has 0 bridgehead atoms. The highest BCUT2D eigenvalue weighted by Crippen LogP contribution is 2.20. The predicted octanol–water partition coefficient (Wildman–Crippen LogP) is 3.44. The second kappa shape index (κ2) is 4.36. The van der Waals surface area contributed by atoms with Crippen molar-refractivity contribution in [1.29, 1.82) is 0 Å². The smallest absolute Gasteiger partial charge is 0.121 e. The molecule has 0 spiro atoms. The first-order valence-corrected chi connectivity index (χ1v) is 4.50. The zero-order valence-electron chi connectivity index (χ0n) is 7.43. The van der Waals surface area contributed by atoms with Gasteiger partial charge in [-0.3, -0.25) is 0 Å². The molecule has 1 nitrogen and oxygen atoms in total. The summed E-state index contributed by atoms with van der Waals surface area (Å²) in [5.74, 6) is 0.863. The van der Waals surface area contributed by atoms with Gasteiger partial charge in [0.25, 0.3) is 0 Å². The maximum atomic E-state index is 5.85. The fourth-order valence-electron chi connectivity index (χ4n) is 1.01. The Balaban J connectivity index is 2.72. The third kappa shape index (κ3) is 2.74. The van der Waals surface area contributed by atoms with Gasteiger partial charge < -0.3 is 4.74 Å². The molecule has 0 N–H and O–H groups in total. The Morgan fingerprint density at radius 1 is 1.33 bits per heavy atom. The first-order chi connectivity index (χ1) is 5.72. The van der Waals surface area contributed by atoms with Gasteiger partial charge in [-0.05, 0) is 37.1 Å². The van der Waals surface area contributed by atoms with E-state index >= 15 is 0 Å². The SMILES string of the molecule is CCCOc1cc(C)cc(Cl)c1. The van der Waals surface area contributed by atoms with E-state index in [0.29, 0.717) is 0 Å². The quantitative estimate of drug-likeness (QED) is 0.700. The molecule has 0 aromatic heterocycles. The van der Waals surface area contributed by atoms with Crippen LogP contribution in [0.2, 0.25) is 5.02 Å². The lowest BCUT2D eigenvalue weighted by atomic mass is 10.2. The summed E-state index contributed by atoms with van der Waals surface area (Å²) in [6.45, 7) is 4.84. The molecule has 1 aromatic rings. The molecule has 12 heavy (non-hydrogen) atoms. The summed E-state index contributed by atoms with van der Waals surface area (Å²) >= 11 is 5.85. The highest BCUT2D eigenvalue weighted by atomic mass is 35.5. The Morgan fingerprint density at radius 3 is 2.67 bits per heavy atom. The van der Waals surface area contributed by atoms with E-state index < -0.39 is 0 Å².